The molecule has 0 spiro atoms. The molecule has 1 aliphatic rings. The van der Waals surface area contributed by atoms with Crippen LogP contribution in [-0.4, -0.2) is 26.5 Å². The van der Waals surface area contributed by atoms with E-state index in [4.69, 9.17) is 4.74 Å². The SMILES string of the molecule is CC(C)(C)OC(=O)NCc1ccc(-n2cc(C3CC3)cn2)nc1. The third-order valence-corrected chi connectivity index (χ3v) is 3.53. The molecule has 0 aliphatic heterocycles. The normalized spacial score (nSPS) is 14.6. The number of nitrogens with zero attached hydrogens (tertiary/aromatic N) is 3. The maximum atomic E-state index is 11.6. The van der Waals surface area contributed by atoms with Crippen LogP contribution in [0.2, 0.25) is 0 Å². The van der Waals surface area contributed by atoms with Gasteiger partial charge in [0.25, 0.3) is 0 Å². The van der Waals surface area contributed by atoms with Crippen molar-refractivity contribution in [2.75, 3.05) is 0 Å². The van der Waals surface area contributed by atoms with Crippen LogP contribution in [0.3, 0.4) is 0 Å². The van der Waals surface area contributed by atoms with Gasteiger partial charge >= 0.3 is 6.09 Å². The Morgan fingerprint density at radius 1 is 1.35 bits per heavy atom. The van der Waals surface area contributed by atoms with Gasteiger partial charge in [-0.25, -0.2) is 14.5 Å². The number of hydrogen-bond donors (Lipinski definition) is 1. The Kier molecular flexibility index (Phi) is 4.07. The molecule has 23 heavy (non-hydrogen) atoms. The van der Waals surface area contributed by atoms with Crippen molar-refractivity contribution in [3.63, 3.8) is 0 Å². The summed E-state index contributed by atoms with van der Waals surface area (Å²) in [5.74, 6) is 1.46. The molecule has 2 heterocycles. The van der Waals surface area contributed by atoms with Crippen LogP contribution in [0, 0.1) is 0 Å². The lowest BCUT2D eigenvalue weighted by atomic mass is 10.2. The lowest BCUT2D eigenvalue weighted by Crippen LogP contribution is -2.32. The van der Waals surface area contributed by atoms with E-state index in [0.29, 0.717) is 12.5 Å². The second kappa shape index (κ2) is 6.02. The van der Waals surface area contributed by atoms with Gasteiger partial charge in [-0.2, -0.15) is 5.10 Å². The highest BCUT2D eigenvalue weighted by Gasteiger charge is 2.25. The number of carbonyl (C=O) groups excluding carboxylic acids is 1. The summed E-state index contributed by atoms with van der Waals surface area (Å²) in [7, 11) is 0. The van der Waals surface area contributed by atoms with Crippen molar-refractivity contribution in [1.82, 2.24) is 20.1 Å². The second-order valence-corrected chi connectivity index (χ2v) is 6.87. The van der Waals surface area contributed by atoms with Crippen LogP contribution in [0.5, 0.6) is 0 Å². The number of ether oxygens (including phenoxy) is 1. The topological polar surface area (TPSA) is 69.0 Å². The van der Waals surface area contributed by atoms with E-state index in [-0.39, 0.29) is 0 Å². The summed E-state index contributed by atoms with van der Waals surface area (Å²) in [4.78, 5) is 16.0. The zero-order valence-electron chi connectivity index (χ0n) is 13.7. The van der Waals surface area contributed by atoms with Gasteiger partial charge in [0.1, 0.15) is 5.60 Å². The van der Waals surface area contributed by atoms with E-state index < -0.39 is 11.7 Å². The van der Waals surface area contributed by atoms with Gasteiger partial charge in [0.05, 0.1) is 6.20 Å². The number of rotatable bonds is 4. The first-order chi connectivity index (χ1) is 10.9. The molecule has 0 saturated heterocycles. The predicted octanol–water partition coefficient (Wildman–Crippen LogP) is 3.17. The van der Waals surface area contributed by atoms with Gasteiger partial charge < -0.3 is 10.1 Å². The van der Waals surface area contributed by atoms with Gasteiger partial charge in [0.15, 0.2) is 5.82 Å². The molecule has 122 valence electrons. The monoisotopic (exact) mass is 314 g/mol. The molecule has 1 amide bonds. The Labute approximate surface area is 135 Å². The number of nitrogens with one attached hydrogen (secondary N) is 1. The van der Waals surface area contributed by atoms with Crippen LogP contribution in [0.15, 0.2) is 30.7 Å². The van der Waals surface area contributed by atoms with Gasteiger partial charge in [0, 0.05) is 18.9 Å². The smallest absolute Gasteiger partial charge is 0.407 e. The van der Waals surface area contributed by atoms with Crippen molar-refractivity contribution < 1.29 is 9.53 Å². The average molecular weight is 314 g/mol. The third-order valence-electron chi connectivity index (χ3n) is 3.53. The molecular formula is C17H22N4O2. The van der Waals surface area contributed by atoms with Crippen LogP contribution in [-0.2, 0) is 11.3 Å². The molecule has 0 radical (unpaired) electrons. The van der Waals surface area contributed by atoms with E-state index in [1.165, 1.54) is 18.4 Å². The fourth-order valence-corrected chi connectivity index (χ4v) is 2.23. The summed E-state index contributed by atoms with van der Waals surface area (Å²) in [6, 6.07) is 3.83. The second-order valence-electron chi connectivity index (χ2n) is 6.87. The zero-order valence-corrected chi connectivity index (χ0v) is 13.7. The minimum atomic E-state index is -0.494. The molecule has 2 aromatic heterocycles. The van der Waals surface area contributed by atoms with Gasteiger partial charge in [-0.3, -0.25) is 0 Å². The summed E-state index contributed by atoms with van der Waals surface area (Å²) >= 11 is 0. The van der Waals surface area contributed by atoms with Crippen molar-refractivity contribution in [3.8, 4) is 5.82 Å². The van der Waals surface area contributed by atoms with E-state index in [1.54, 1.807) is 10.9 Å². The molecule has 2 aromatic rings. The minimum absolute atomic E-state index is 0.384. The van der Waals surface area contributed by atoms with Crippen molar-refractivity contribution >= 4 is 6.09 Å². The minimum Gasteiger partial charge on any atom is -0.444 e. The highest BCUT2D eigenvalue weighted by atomic mass is 16.6. The predicted molar refractivity (Wildman–Crippen MR) is 86.4 cm³/mol. The highest BCUT2D eigenvalue weighted by Crippen LogP contribution is 2.39. The van der Waals surface area contributed by atoms with E-state index in [1.807, 2.05) is 45.3 Å². The molecule has 1 saturated carbocycles. The van der Waals surface area contributed by atoms with Crippen molar-refractivity contribution in [2.24, 2.45) is 0 Å². The molecule has 0 unspecified atom stereocenters. The number of aromatic nitrogens is 3. The largest absolute Gasteiger partial charge is 0.444 e. The van der Waals surface area contributed by atoms with E-state index in [0.717, 1.165) is 11.4 Å². The Morgan fingerprint density at radius 2 is 2.13 bits per heavy atom. The summed E-state index contributed by atoms with van der Waals surface area (Å²) in [5.41, 5.74) is 1.70. The Bertz CT molecular complexity index is 681. The standard InChI is InChI=1S/C17H22N4O2/c1-17(2,3)23-16(22)19-9-12-4-7-15(18-8-12)21-11-14(10-20-21)13-5-6-13/h4,7-8,10-11,13H,5-6,9H2,1-3H3,(H,19,22). The molecule has 0 bridgehead atoms. The fraction of sp³-hybridized carbons (Fsp3) is 0.471. The zero-order chi connectivity index (χ0) is 16.4. The van der Waals surface area contributed by atoms with E-state index >= 15 is 0 Å². The number of hydrogen-bond acceptors (Lipinski definition) is 4. The number of pyridine rings is 1. The molecule has 0 aromatic carbocycles. The summed E-state index contributed by atoms with van der Waals surface area (Å²) in [6.45, 7) is 5.89. The lowest BCUT2D eigenvalue weighted by molar-refractivity contribution is 0.0523. The Balaban J connectivity index is 1.57. The van der Waals surface area contributed by atoms with Crippen LogP contribution in [0.1, 0.15) is 50.7 Å². The molecular weight excluding hydrogens is 292 g/mol. The first-order valence-corrected chi connectivity index (χ1v) is 7.87. The van der Waals surface area contributed by atoms with Crippen LogP contribution in [0.25, 0.3) is 5.82 Å². The average Bonchev–Trinajstić information content (AvgIpc) is 3.22. The first-order valence-electron chi connectivity index (χ1n) is 7.87. The Morgan fingerprint density at radius 3 is 2.74 bits per heavy atom. The fourth-order valence-electron chi connectivity index (χ4n) is 2.23. The molecule has 1 fully saturated rings. The number of amides is 1. The van der Waals surface area contributed by atoms with Gasteiger partial charge in [-0.15, -0.1) is 0 Å². The molecule has 6 nitrogen and oxygen atoms in total. The maximum Gasteiger partial charge on any atom is 0.407 e. The summed E-state index contributed by atoms with van der Waals surface area (Å²) in [6.07, 6.45) is 7.78. The quantitative estimate of drug-likeness (QED) is 0.941. The number of carbonyl (C=O) groups is 1. The first kappa shape index (κ1) is 15.5. The van der Waals surface area contributed by atoms with Crippen LogP contribution >= 0.6 is 0 Å². The number of alkyl carbamates (subject to hydrolysis) is 1. The third kappa shape index (κ3) is 4.31. The molecule has 1 N–H and O–H groups in total. The Hall–Kier alpha value is -2.37. The van der Waals surface area contributed by atoms with E-state index in [9.17, 15) is 4.79 Å². The van der Waals surface area contributed by atoms with Gasteiger partial charge in [0.2, 0.25) is 0 Å². The van der Waals surface area contributed by atoms with Gasteiger partial charge in [-0.1, -0.05) is 6.07 Å². The summed E-state index contributed by atoms with van der Waals surface area (Å²) in [5, 5.41) is 7.07. The lowest BCUT2D eigenvalue weighted by Gasteiger charge is -2.19. The van der Waals surface area contributed by atoms with Crippen LogP contribution < -0.4 is 5.32 Å². The van der Waals surface area contributed by atoms with Gasteiger partial charge in [-0.05, 0) is 56.7 Å². The van der Waals surface area contributed by atoms with Crippen LogP contribution in [0.4, 0.5) is 4.79 Å². The van der Waals surface area contributed by atoms with Crippen molar-refractivity contribution in [3.05, 3.63) is 41.9 Å². The molecule has 0 atom stereocenters. The van der Waals surface area contributed by atoms with Crippen molar-refractivity contribution in [1.29, 1.82) is 0 Å². The molecule has 1 aliphatic carbocycles. The van der Waals surface area contributed by atoms with Crippen molar-refractivity contribution in [2.45, 2.75) is 51.7 Å². The summed E-state index contributed by atoms with van der Waals surface area (Å²) < 4.78 is 6.99. The van der Waals surface area contributed by atoms with E-state index in [2.05, 4.69) is 15.4 Å². The molecule has 6 heteroatoms. The maximum absolute atomic E-state index is 11.6. The highest BCUT2D eigenvalue weighted by molar-refractivity contribution is 5.67. The molecule has 3 rings (SSSR count).